The van der Waals surface area contributed by atoms with Crippen molar-refractivity contribution in [3.05, 3.63) is 59.7 Å². The number of hydrogen-bond acceptors (Lipinski definition) is 3. The highest BCUT2D eigenvalue weighted by atomic mass is 32.2. The number of para-hydroxylation sites is 1. The third-order valence-corrected chi connectivity index (χ3v) is 4.77. The van der Waals surface area contributed by atoms with Gasteiger partial charge in [0.25, 0.3) is 0 Å². The molecule has 0 saturated heterocycles. The first-order chi connectivity index (χ1) is 9.56. The van der Waals surface area contributed by atoms with E-state index in [0.717, 1.165) is 16.9 Å². The van der Waals surface area contributed by atoms with E-state index in [1.165, 1.54) is 0 Å². The minimum atomic E-state index is -3.54. The van der Waals surface area contributed by atoms with Gasteiger partial charge in [-0.15, -0.1) is 0 Å². The van der Waals surface area contributed by atoms with Crippen LogP contribution < -0.4 is 9.46 Å². The van der Waals surface area contributed by atoms with Crippen LogP contribution in [0.4, 0.5) is 0 Å². The topological polar surface area (TPSA) is 55.4 Å². The van der Waals surface area contributed by atoms with Crippen LogP contribution in [0.3, 0.4) is 0 Å². The largest absolute Gasteiger partial charge is 0.491 e. The molecule has 1 aliphatic heterocycles. The first kappa shape index (κ1) is 13.1. The molecule has 2 aromatic rings. The molecule has 0 bridgehead atoms. The lowest BCUT2D eigenvalue weighted by Crippen LogP contribution is -2.29. The summed E-state index contributed by atoms with van der Waals surface area (Å²) in [5, 5.41) is 0. The molecule has 0 amide bonds. The zero-order chi connectivity index (χ0) is 14.2. The number of hydrogen-bond donors (Lipinski definition) is 1. The number of benzene rings is 2. The van der Waals surface area contributed by atoms with Gasteiger partial charge in [-0.3, -0.25) is 0 Å². The van der Waals surface area contributed by atoms with Gasteiger partial charge in [0.05, 0.1) is 10.9 Å². The lowest BCUT2D eigenvalue weighted by Gasteiger charge is -2.12. The minimum Gasteiger partial charge on any atom is -0.491 e. The maximum atomic E-state index is 12.4. The summed E-state index contributed by atoms with van der Waals surface area (Å²) in [7, 11) is -3.54. The molecule has 2 aromatic carbocycles. The molecule has 0 radical (unpaired) electrons. The molecule has 1 N–H and O–H groups in total. The van der Waals surface area contributed by atoms with Gasteiger partial charge in [0, 0.05) is 5.56 Å². The van der Waals surface area contributed by atoms with Crippen molar-refractivity contribution >= 4 is 10.0 Å². The third-order valence-electron chi connectivity index (χ3n) is 3.30. The fraction of sp³-hybridized carbons (Fsp3) is 0.200. The molecule has 0 spiro atoms. The highest BCUT2D eigenvalue weighted by Crippen LogP contribution is 2.32. The first-order valence-corrected chi connectivity index (χ1v) is 7.85. The third kappa shape index (κ3) is 2.42. The van der Waals surface area contributed by atoms with E-state index in [4.69, 9.17) is 4.74 Å². The van der Waals surface area contributed by atoms with Gasteiger partial charge in [-0.2, -0.15) is 0 Å². The van der Waals surface area contributed by atoms with Crippen LogP contribution in [0.1, 0.15) is 17.2 Å². The van der Waals surface area contributed by atoms with Gasteiger partial charge in [0.2, 0.25) is 10.0 Å². The Kier molecular flexibility index (Phi) is 3.23. The molecule has 0 saturated carbocycles. The van der Waals surface area contributed by atoms with Crippen LogP contribution in [0.2, 0.25) is 0 Å². The van der Waals surface area contributed by atoms with Crippen molar-refractivity contribution in [2.75, 3.05) is 6.61 Å². The van der Waals surface area contributed by atoms with E-state index in [0.29, 0.717) is 6.61 Å². The lowest BCUT2D eigenvalue weighted by molar-refractivity contribution is 0.325. The van der Waals surface area contributed by atoms with Crippen molar-refractivity contribution in [2.24, 2.45) is 0 Å². The second-order valence-electron chi connectivity index (χ2n) is 4.84. The number of fused-ring (bicyclic) bond motifs is 1. The monoisotopic (exact) mass is 289 g/mol. The van der Waals surface area contributed by atoms with E-state index in [2.05, 4.69) is 4.72 Å². The summed E-state index contributed by atoms with van der Waals surface area (Å²) in [5.74, 6) is 0.740. The van der Waals surface area contributed by atoms with Crippen molar-refractivity contribution in [1.29, 1.82) is 0 Å². The van der Waals surface area contributed by atoms with Crippen LogP contribution in [-0.2, 0) is 10.0 Å². The predicted octanol–water partition coefficient (Wildman–Crippen LogP) is 2.41. The van der Waals surface area contributed by atoms with Crippen LogP contribution in [0.5, 0.6) is 5.75 Å². The van der Waals surface area contributed by atoms with E-state index in [9.17, 15) is 8.42 Å². The van der Waals surface area contributed by atoms with Crippen molar-refractivity contribution < 1.29 is 13.2 Å². The average Bonchev–Trinajstić information content (AvgIpc) is 2.82. The smallest absolute Gasteiger partial charge is 0.241 e. The first-order valence-electron chi connectivity index (χ1n) is 6.37. The summed E-state index contributed by atoms with van der Waals surface area (Å²) < 4.78 is 33.0. The fourth-order valence-electron chi connectivity index (χ4n) is 2.30. The van der Waals surface area contributed by atoms with Crippen LogP contribution in [0, 0.1) is 6.92 Å². The molecule has 0 aromatic heterocycles. The summed E-state index contributed by atoms with van der Waals surface area (Å²) in [6, 6.07) is 14.0. The van der Waals surface area contributed by atoms with Gasteiger partial charge >= 0.3 is 0 Å². The highest BCUT2D eigenvalue weighted by Gasteiger charge is 2.28. The SMILES string of the molecule is Cc1cccc(S(=O)(=O)NC2COc3ccccc32)c1. The van der Waals surface area contributed by atoms with Crippen LogP contribution in [-0.4, -0.2) is 15.0 Å². The summed E-state index contributed by atoms with van der Waals surface area (Å²) in [4.78, 5) is 0.280. The Morgan fingerprint density at radius 2 is 1.95 bits per heavy atom. The molecular weight excluding hydrogens is 274 g/mol. The van der Waals surface area contributed by atoms with E-state index < -0.39 is 10.0 Å². The fourth-order valence-corrected chi connectivity index (χ4v) is 3.60. The van der Waals surface area contributed by atoms with Crippen LogP contribution in [0.15, 0.2) is 53.4 Å². The zero-order valence-electron chi connectivity index (χ0n) is 11.0. The van der Waals surface area contributed by atoms with E-state index >= 15 is 0 Å². The number of ether oxygens (including phenoxy) is 1. The van der Waals surface area contributed by atoms with Gasteiger partial charge in [-0.05, 0) is 30.7 Å². The predicted molar refractivity (Wildman–Crippen MR) is 76.2 cm³/mol. The van der Waals surface area contributed by atoms with Gasteiger partial charge in [-0.1, -0.05) is 30.3 Å². The standard InChI is InChI=1S/C15H15NO3S/c1-11-5-4-6-12(9-11)20(17,18)16-14-10-19-15-8-3-2-7-13(14)15/h2-9,14,16H,10H2,1H3. The summed E-state index contributed by atoms with van der Waals surface area (Å²) >= 11 is 0. The Morgan fingerprint density at radius 1 is 1.15 bits per heavy atom. The van der Waals surface area contributed by atoms with Crippen molar-refractivity contribution in [3.63, 3.8) is 0 Å². The average molecular weight is 289 g/mol. The minimum absolute atomic E-state index is 0.280. The van der Waals surface area contributed by atoms with Crippen molar-refractivity contribution in [2.45, 2.75) is 17.9 Å². The molecule has 0 aliphatic carbocycles. The summed E-state index contributed by atoms with van der Waals surface area (Å²) in [6.45, 7) is 2.19. The van der Waals surface area contributed by atoms with Crippen LogP contribution >= 0.6 is 0 Å². The Balaban J connectivity index is 1.89. The number of sulfonamides is 1. The van der Waals surface area contributed by atoms with Gasteiger partial charge < -0.3 is 4.74 Å². The van der Waals surface area contributed by atoms with E-state index in [-0.39, 0.29) is 10.9 Å². The number of rotatable bonds is 3. The maximum absolute atomic E-state index is 12.4. The molecule has 0 fully saturated rings. The van der Waals surface area contributed by atoms with Crippen LogP contribution in [0.25, 0.3) is 0 Å². The Hall–Kier alpha value is -1.85. The molecule has 1 aliphatic rings. The zero-order valence-corrected chi connectivity index (χ0v) is 11.9. The van der Waals surface area contributed by atoms with Gasteiger partial charge in [0.15, 0.2) is 0 Å². The molecule has 1 heterocycles. The summed E-state index contributed by atoms with van der Waals surface area (Å²) in [5.41, 5.74) is 1.79. The Bertz CT molecular complexity index is 740. The lowest BCUT2D eigenvalue weighted by atomic mass is 10.1. The number of aryl methyl sites for hydroxylation is 1. The second kappa shape index (κ2) is 4.92. The Labute approximate surface area is 118 Å². The maximum Gasteiger partial charge on any atom is 0.241 e. The molecular formula is C15H15NO3S. The molecule has 1 unspecified atom stereocenters. The quantitative estimate of drug-likeness (QED) is 0.944. The van der Waals surface area contributed by atoms with E-state index in [1.54, 1.807) is 18.2 Å². The number of nitrogens with one attached hydrogen (secondary N) is 1. The molecule has 104 valence electrons. The second-order valence-corrected chi connectivity index (χ2v) is 6.55. The molecule has 3 rings (SSSR count). The normalized spacial score (nSPS) is 17.6. The molecule has 1 atom stereocenters. The van der Waals surface area contributed by atoms with Gasteiger partial charge in [0.1, 0.15) is 12.4 Å². The van der Waals surface area contributed by atoms with E-state index in [1.807, 2.05) is 37.3 Å². The van der Waals surface area contributed by atoms with Crippen molar-refractivity contribution in [3.8, 4) is 5.75 Å². The molecule has 4 nitrogen and oxygen atoms in total. The highest BCUT2D eigenvalue weighted by molar-refractivity contribution is 7.89. The Morgan fingerprint density at radius 3 is 2.75 bits per heavy atom. The summed E-state index contributed by atoms with van der Waals surface area (Å²) in [6.07, 6.45) is 0. The molecule has 5 heteroatoms. The molecule has 20 heavy (non-hydrogen) atoms. The van der Waals surface area contributed by atoms with Crippen molar-refractivity contribution in [1.82, 2.24) is 4.72 Å². The van der Waals surface area contributed by atoms with Gasteiger partial charge in [-0.25, -0.2) is 13.1 Å².